The first-order valence-corrected chi connectivity index (χ1v) is 7.97. The normalized spacial score (nSPS) is 20.5. The van der Waals surface area contributed by atoms with Crippen LogP contribution in [0.5, 0.6) is 0 Å². The second kappa shape index (κ2) is 6.38. The van der Waals surface area contributed by atoms with Gasteiger partial charge in [0.15, 0.2) is 0 Å². The summed E-state index contributed by atoms with van der Waals surface area (Å²) in [5, 5.41) is 0. The second-order valence-corrected chi connectivity index (χ2v) is 7.00. The zero-order valence-corrected chi connectivity index (χ0v) is 13.6. The quantitative estimate of drug-likeness (QED) is 0.770. The Labute approximate surface area is 124 Å². The highest BCUT2D eigenvalue weighted by Gasteiger charge is 2.41. The summed E-state index contributed by atoms with van der Waals surface area (Å²) in [4.78, 5) is 0.122. The maximum Gasteiger partial charge on any atom is 0.207 e. The largest absolute Gasteiger partial charge is 0.345 e. The van der Waals surface area contributed by atoms with Crippen LogP contribution in [0.1, 0.15) is 38.3 Å². The molecular weight excluding hydrogens is 304 g/mol. The number of ether oxygens (including phenoxy) is 2. The van der Waals surface area contributed by atoms with E-state index in [9.17, 15) is 0 Å². The summed E-state index contributed by atoms with van der Waals surface area (Å²) in [5.74, 6) is 0.0475. The molecule has 0 aromatic heterocycles. The van der Waals surface area contributed by atoms with Gasteiger partial charge in [-0.05, 0) is 31.2 Å². The maximum atomic E-state index is 5.96. The van der Waals surface area contributed by atoms with E-state index < -0.39 is 5.79 Å². The monoisotopic (exact) mass is 326 g/mol. The third kappa shape index (κ3) is 3.39. The SMILES string of the molecule is CC(C)Cc1ccc(C2(C(C)Br)OCCCO2)cc1. The van der Waals surface area contributed by atoms with Crippen molar-refractivity contribution in [2.45, 2.75) is 44.2 Å². The van der Waals surface area contributed by atoms with Crippen molar-refractivity contribution in [3.8, 4) is 0 Å². The van der Waals surface area contributed by atoms with E-state index in [1.807, 2.05) is 0 Å². The molecule has 19 heavy (non-hydrogen) atoms. The number of hydrogen-bond acceptors (Lipinski definition) is 2. The first-order chi connectivity index (χ1) is 9.04. The number of hydrogen-bond donors (Lipinski definition) is 0. The minimum absolute atomic E-state index is 0.122. The van der Waals surface area contributed by atoms with Gasteiger partial charge in [0.1, 0.15) is 0 Å². The minimum atomic E-state index is -0.630. The van der Waals surface area contributed by atoms with Crippen LogP contribution in [0.4, 0.5) is 0 Å². The fourth-order valence-electron chi connectivity index (χ4n) is 2.52. The lowest BCUT2D eigenvalue weighted by atomic mass is 9.97. The number of alkyl halides is 1. The fraction of sp³-hybridized carbons (Fsp3) is 0.625. The third-order valence-electron chi connectivity index (χ3n) is 3.45. The number of rotatable bonds is 4. The van der Waals surface area contributed by atoms with E-state index in [1.165, 1.54) is 5.56 Å². The van der Waals surface area contributed by atoms with Gasteiger partial charge in [-0.25, -0.2) is 0 Å². The van der Waals surface area contributed by atoms with E-state index in [1.54, 1.807) is 0 Å². The molecule has 0 radical (unpaired) electrons. The molecular formula is C16H23BrO2. The highest BCUT2D eigenvalue weighted by atomic mass is 79.9. The second-order valence-electron chi connectivity index (χ2n) is 5.63. The van der Waals surface area contributed by atoms with Gasteiger partial charge in [-0.1, -0.05) is 54.0 Å². The van der Waals surface area contributed by atoms with Crippen molar-refractivity contribution in [1.82, 2.24) is 0 Å². The molecule has 1 saturated heterocycles. The van der Waals surface area contributed by atoms with E-state index in [2.05, 4.69) is 61.0 Å². The predicted octanol–water partition coefficient (Wildman–Crippen LogP) is 4.26. The molecule has 1 aliphatic rings. The average Bonchev–Trinajstić information content (AvgIpc) is 2.39. The molecule has 1 aromatic rings. The molecule has 2 rings (SSSR count). The van der Waals surface area contributed by atoms with Crippen LogP contribution in [0.15, 0.2) is 24.3 Å². The fourth-order valence-corrected chi connectivity index (χ4v) is 3.05. The zero-order valence-electron chi connectivity index (χ0n) is 12.0. The molecule has 0 saturated carbocycles. The molecule has 3 heteroatoms. The maximum absolute atomic E-state index is 5.96. The van der Waals surface area contributed by atoms with Crippen LogP contribution in [0.25, 0.3) is 0 Å². The van der Waals surface area contributed by atoms with E-state index in [4.69, 9.17) is 9.47 Å². The van der Waals surface area contributed by atoms with Crippen LogP contribution in [0, 0.1) is 5.92 Å². The molecule has 2 nitrogen and oxygen atoms in total. The molecule has 1 unspecified atom stereocenters. The molecule has 0 N–H and O–H groups in total. The Morgan fingerprint density at radius 2 is 1.68 bits per heavy atom. The topological polar surface area (TPSA) is 18.5 Å². The molecule has 1 atom stereocenters. The van der Waals surface area contributed by atoms with Gasteiger partial charge in [0.25, 0.3) is 0 Å². The van der Waals surface area contributed by atoms with Crippen molar-refractivity contribution in [1.29, 1.82) is 0 Å². The minimum Gasteiger partial charge on any atom is -0.345 e. The highest BCUT2D eigenvalue weighted by molar-refractivity contribution is 9.09. The first-order valence-electron chi connectivity index (χ1n) is 7.06. The highest BCUT2D eigenvalue weighted by Crippen LogP contribution is 2.37. The Bertz CT molecular complexity index is 392. The Balaban J connectivity index is 2.22. The molecule has 1 heterocycles. The number of benzene rings is 1. The molecule has 106 valence electrons. The van der Waals surface area contributed by atoms with Gasteiger partial charge >= 0.3 is 0 Å². The molecule has 1 aliphatic heterocycles. The lowest BCUT2D eigenvalue weighted by Crippen LogP contribution is -2.44. The third-order valence-corrected chi connectivity index (χ3v) is 4.05. The van der Waals surface area contributed by atoms with Crippen LogP contribution in [-0.2, 0) is 21.7 Å². The van der Waals surface area contributed by atoms with Gasteiger partial charge in [-0.3, -0.25) is 0 Å². The Hall–Kier alpha value is -0.380. The van der Waals surface area contributed by atoms with Crippen LogP contribution in [0.2, 0.25) is 0 Å². The molecule has 1 fully saturated rings. The summed E-state index contributed by atoms with van der Waals surface area (Å²) < 4.78 is 11.9. The summed E-state index contributed by atoms with van der Waals surface area (Å²) in [6.07, 6.45) is 2.08. The molecule has 0 spiro atoms. The Kier molecular flexibility index (Phi) is 5.04. The van der Waals surface area contributed by atoms with Crippen molar-refractivity contribution < 1.29 is 9.47 Å². The summed E-state index contributed by atoms with van der Waals surface area (Å²) in [7, 11) is 0. The van der Waals surface area contributed by atoms with Crippen LogP contribution in [-0.4, -0.2) is 18.0 Å². The van der Waals surface area contributed by atoms with Crippen molar-refractivity contribution in [3.63, 3.8) is 0 Å². The van der Waals surface area contributed by atoms with Crippen LogP contribution < -0.4 is 0 Å². The molecule has 0 bridgehead atoms. The molecule has 0 aliphatic carbocycles. The van der Waals surface area contributed by atoms with Gasteiger partial charge in [0.05, 0.1) is 18.0 Å². The van der Waals surface area contributed by atoms with E-state index in [0.717, 1.165) is 31.6 Å². The van der Waals surface area contributed by atoms with Gasteiger partial charge in [0.2, 0.25) is 5.79 Å². The summed E-state index contributed by atoms with van der Waals surface area (Å²) in [6.45, 7) is 8.06. The van der Waals surface area contributed by atoms with Gasteiger partial charge in [-0.2, -0.15) is 0 Å². The summed E-state index contributed by atoms with van der Waals surface area (Å²) in [6, 6.07) is 8.66. The van der Waals surface area contributed by atoms with Crippen LogP contribution in [0.3, 0.4) is 0 Å². The summed E-state index contributed by atoms with van der Waals surface area (Å²) >= 11 is 3.64. The predicted molar refractivity (Wildman–Crippen MR) is 81.6 cm³/mol. The van der Waals surface area contributed by atoms with Gasteiger partial charge in [0, 0.05) is 5.56 Å². The van der Waals surface area contributed by atoms with Crippen LogP contribution >= 0.6 is 15.9 Å². The lowest BCUT2D eigenvalue weighted by molar-refractivity contribution is -0.273. The van der Waals surface area contributed by atoms with Crippen molar-refractivity contribution in [2.24, 2.45) is 5.92 Å². The molecule has 1 aromatic carbocycles. The van der Waals surface area contributed by atoms with Gasteiger partial charge < -0.3 is 9.47 Å². The zero-order chi connectivity index (χ0) is 13.9. The standard InChI is InChI=1S/C16H23BrO2/c1-12(2)11-14-5-7-15(8-6-14)16(13(3)17)18-9-4-10-19-16/h5-8,12-13H,4,9-11H2,1-3H3. The summed E-state index contributed by atoms with van der Waals surface area (Å²) in [5.41, 5.74) is 2.47. The number of halogens is 1. The molecule has 0 amide bonds. The average molecular weight is 327 g/mol. The van der Waals surface area contributed by atoms with Crippen molar-refractivity contribution in [2.75, 3.05) is 13.2 Å². The van der Waals surface area contributed by atoms with Crippen molar-refractivity contribution >= 4 is 15.9 Å². The first kappa shape index (κ1) is 15.0. The van der Waals surface area contributed by atoms with E-state index >= 15 is 0 Å². The smallest absolute Gasteiger partial charge is 0.207 e. The van der Waals surface area contributed by atoms with Gasteiger partial charge in [-0.15, -0.1) is 0 Å². The van der Waals surface area contributed by atoms with E-state index in [-0.39, 0.29) is 4.83 Å². The van der Waals surface area contributed by atoms with E-state index in [0.29, 0.717) is 5.92 Å². The Morgan fingerprint density at radius 3 is 2.16 bits per heavy atom. The lowest BCUT2D eigenvalue weighted by Gasteiger charge is -2.39. The Morgan fingerprint density at radius 1 is 1.11 bits per heavy atom. The van der Waals surface area contributed by atoms with Crippen molar-refractivity contribution in [3.05, 3.63) is 35.4 Å².